The minimum Gasteiger partial charge on any atom is -0.453 e. The van der Waals surface area contributed by atoms with Gasteiger partial charge in [0.15, 0.2) is 5.22 Å². The van der Waals surface area contributed by atoms with Crippen molar-refractivity contribution in [1.29, 1.82) is 0 Å². The molecule has 0 N–H and O–H groups in total. The average Bonchev–Trinajstić information content (AvgIpc) is 2.75. The molecule has 0 spiro atoms. The number of rotatable bonds is 3. The van der Waals surface area contributed by atoms with Gasteiger partial charge in [-0.2, -0.15) is 0 Å². The van der Waals surface area contributed by atoms with Gasteiger partial charge in [0, 0.05) is 15.3 Å². The molecule has 2 rings (SSSR count). The van der Waals surface area contributed by atoms with Crippen LogP contribution >= 0.6 is 38.9 Å². The van der Waals surface area contributed by atoms with Gasteiger partial charge >= 0.3 is 0 Å². The summed E-state index contributed by atoms with van der Waals surface area (Å²) in [7, 11) is 0. The molecule has 4 heteroatoms. The number of hydrogen-bond donors (Lipinski definition) is 0. The molecule has 0 radical (unpaired) electrons. The van der Waals surface area contributed by atoms with Crippen LogP contribution in [0.5, 0.6) is 0 Å². The highest BCUT2D eigenvalue weighted by Gasteiger charge is 2.14. The van der Waals surface area contributed by atoms with Crippen LogP contribution in [0.3, 0.4) is 0 Å². The first-order valence-corrected chi connectivity index (χ1v) is 6.34. The van der Waals surface area contributed by atoms with Crippen molar-refractivity contribution in [2.45, 2.75) is 11.2 Å². The van der Waals surface area contributed by atoms with Crippen molar-refractivity contribution >= 4 is 38.9 Å². The Bertz CT molecular complexity index is 396. The van der Waals surface area contributed by atoms with Gasteiger partial charge in [-0.3, -0.25) is 0 Å². The van der Waals surface area contributed by atoms with Crippen LogP contribution in [-0.2, 0) is 6.42 Å². The Hall–Kier alpha value is -0.250. The van der Waals surface area contributed by atoms with Crippen molar-refractivity contribution in [2.24, 2.45) is 0 Å². The summed E-state index contributed by atoms with van der Waals surface area (Å²) in [5.74, 6) is 0. The van der Waals surface area contributed by atoms with Crippen LogP contribution in [0.2, 0.25) is 5.22 Å². The SMILES string of the molecule is Clc1occc1C(Br)Cc1cccs1. The molecule has 0 saturated heterocycles. The molecule has 74 valence electrons. The zero-order valence-corrected chi connectivity index (χ0v) is 10.4. The van der Waals surface area contributed by atoms with Gasteiger partial charge in [-0.25, -0.2) is 0 Å². The van der Waals surface area contributed by atoms with E-state index in [2.05, 4.69) is 33.4 Å². The first-order chi connectivity index (χ1) is 6.77. The van der Waals surface area contributed by atoms with Gasteiger partial charge < -0.3 is 4.42 Å². The molecule has 1 nitrogen and oxygen atoms in total. The number of hydrogen-bond acceptors (Lipinski definition) is 2. The van der Waals surface area contributed by atoms with E-state index in [-0.39, 0.29) is 4.83 Å². The molecule has 0 aliphatic carbocycles. The molecule has 0 aromatic carbocycles. The second kappa shape index (κ2) is 4.51. The monoisotopic (exact) mass is 290 g/mol. The van der Waals surface area contributed by atoms with Gasteiger partial charge in [-0.1, -0.05) is 22.0 Å². The summed E-state index contributed by atoms with van der Waals surface area (Å²) in [6.45, 7) is 0. The largest absolute Gasteiger partial charge is 0.453 e. The Kier molecular flexibility index (Phi) is 3.31. The Morgan fingerprint density at radius 1 is 1.50 bits per heavy atom. The fourth-order valence-corrected chi connectivity index (χ4v) is 3.30. The maximum absolute atomic E-state index is 5.88. The summed E-state index contributed by atoms with van der Waals surface area (Å²) in [5, 5.41) is 2.55. The second-order valence-electron chi connectivity index (χ2n) is 2.90. The highest BCUT2D eigenvalue weighted by molar-refractivity contribution is 9.09. The highest BCUT2D eigenvalue weighted by Crippen LogP contribution is 2.33. The summed E-state index contributed by atoms with van der Waals surface area (Å²) in [6, 6.07) is 6.07. The molecule has 0 fully saturated rings. The molecule has 2 heterocycles. The minimum absolute atomic E-state index is 0.229. The number of alkyl halides is 1. The molecule has 2 aromatic rings. The molecule has 0 amide bonds. The van der Waals surface area contributed by atoms with Crippen LogP contribution in [0.15, 0.2) is 34.3 Å². The van der Waals surface area contributed by atoms with Gasteiger partial charge in [0.25, 0.3) is 0 Å². The van der Waals surface area contributed by atoms with Crippen LogP contribution in [0.1, 0.15) is 15.3 Å². The fraction of sp³-hybridized carbons (Fsp3) is 0.200. The van der Waals surface area contributed by atoms with Gasteiger partial charge in [-0.15, -0.1) is 11.3 Å². The summed E-state index contributed by atoms with van der Waals surface area (Å²) in [4.78, 5) is 1.57. The Balaban J connectivity index is 2.10. The van der Waals surface area contributed by atoms with E-state index in [1.54, 1.807) is 17.6 Å². The quantitative estimate of drug-likeness (QED) is 0.749. The normalized spacial score (nSPS) is 13.0. The molecule has 0 saturated carbocycles. The van der Waals surface area contributed by atoms with Crippen molar-refractivity contribution in [3.8, 4) is 0 Å². The van der Waals surface area contributed by atoms with Gasteiger partial charge in [-0.05, 0) is 35.5 Å². The first kappa shape index (κ1) is 10.3. The summed E-state index contributed by atoms with van der Waals surface area (Å²) in [6.07, 6.45) is 2.55. The van der Waals surface area contributed by atoms with E-state index in [0.29, 0.717) is 5.22 Å². The van der Waals surface area contributed by atoms with E-state index >= 15 is 0 Å². The zero-order valence-electron chi connectivity index (χ0n) is 7.24. The molecule has 0 aliphatic heterocycles. The standard InChI is InChI=1S/C10H8BrClOS/c11-9(6-7-2-1-5-14-7)8-3-4-13-10(8)12/h1-5,9H,6H2. The van der Waals surface area contributed by atoms with E-state index in [4.69, 9.17) is 16.0 Å². The number of thiophene rings is 1. The summed E-state index contributed by atoms with van der Waals surface area (Å²) in [5.41, 5.74) is 1.01. The lowest BCUT2D eigenvalue weighted by molar-refractivity contribution is 0.566. The lowest BCUT2D eigenvalue weighted by atomic mass is 10.2. The third-order valence-corrected chi connectivity index (χ3v) is 3.97. The van der Waals surface area contributed by atoms with E-state index in [1.807, 2.05) is 6.07 Å². The first-order valence-electron chi connectivity index (χ1n) is 4.16. The van der Waals surface area contributed by atoms with Crippen LogP contribution in [0.25, 0.3) is 0 Å². The second-order valence-corrected chi connectivity index (χ2v) is 5.38. The third-order valence-electron chi connectivity index (χ3n) is 1.94. The summed E-state index contributed by atoms with van der Waals surface area (Å²) >= 11 is 11.2. The molecule has 1 unspecified atom stereocenters. The number of furan rings is 1. The average molecular weight is 292 g/mol. The zero-order chi connectivity index (χ0) is 9.97. The van der Waals surface area contributed by atoms with Crippen LogP contribution in [0.4, 0.5) is 0 Å². The van der Waals surface area contributed by atoms with Gasteiger partial charge in [0.05, 0.1) is 6.26 Å². The van der Waals surface area contributed by atoms with E-state index in [9.17, 15) is 0 Å². The minimum atomic E-state index is 0.229. The van der Waals surface area contributed by atoms with Gasteiger partial charge in [0.2, 0.25) is 0 Å². The maximum atomic E-state index is 5.88. The smallest absolute Gasteiger partial charge is 0.197 e. The van der Waals surface area contributed by atoms with Crippen LogP contribution < -0.4 is 0 Å². The van der Waals surface area contributed by atoms with Crippen molar-refractivity contribution < 1.29 is 4.42 Å². The Labute approximate surface area is 99.8 Å². The highest BCUT2D eigenvalue weighted by atomic mass is 79.9. The van der Waals surface area contributed by atoms with Crippen molar-refractivity contribution in [2.75, 3.05) is 0 Å². The lowest BCUT2D eigenvalue weighted by Crippen LogP contribution is -1.91. The molecular weight excluding hydrogens is 284 g/mol. The van der Waals surface area contributed by atoms with E-state index < -0.39 is 0 Å². The maximum Gasteiger partial charge on any atom is 0.197 e. The fourth-order valence-electron chi connectivity index (χ4n) is 1.24. The predicted octanol–water partition coefficient (Wildman–Crippen LogP) is 4.67. The summed E-state index contributed by atoms with van der Waals surface area (Å²) < 4.78 is 5.04. The Morgan fingerprint density at radius 3 is 2.93 bits per heavy atom. The van der Waals surface area contributed by atoms with Gasteiger partial charge in [0.1, 0.15) is 0 Å². The van der Waals surface area contributed by atoms with Crippen LogP contribution in [-0.4, -0.2) is 0 Å². The topological polar surface area (TPSA) is 13.1 Å². The predicted molar refractivity (Wildman–Crippen MR) is 63.4 cm³/mol. The van der Waals surface area contributed by atoms with Crippen molar-refractivity contribution in [3.63, 3.8) is 0 Å². The molecule has 14 heavy (non-hydrogen) atoms. The molecule has 1 atom stereocenters. The molecule has 2 aromatic heterocycles. The molecular formula is C10H8BrClOS. The Morgan fingerprint density at radius 2 is 2.36 bits per heavy atom. The van der Waals surface area contributed by atoms with Crippen molar-refractivity contribution in [1.82, 2.24) is 0 Å². The lowest BCUT2D eigenvalue weighted by Gasteiger charge is -2.05. The van der Waals surface area contributed by atoms with E-state index in [0.717, 1.165) is 12.0 Å². The third kappa shape index (κ3) is 2.22. The van der Waals surface area contributed by atoms with E-state index in [1.165, 1.54) is 4.88 Å². The molecule has 0 bridgehead atoms. The van der Waals surface area contributed by atoms with Crippen molar-refractivity contribution in [3.05, 3.63) is 45.5 Å². The molecule has 0 aliphatic rings. The number of halogens is 2. The van der Waals surface area contributed by atoms with Crippen LogP contribution in [0, 0.1) is 0 Å².